The molecular weight excluding hydrogens is 1130 g/mol. The molecule has 0 radical (unpaired) electrons. The van der Waals surface area contributed by atoms with E-state index >= 15 is 0 Å². The van der Waals surface area contributed by atoms with Crippen molar-refractivity contribution >= 4 is 17.9 Å². The summed E-state index contributed by atoms with van der Waals surface area (Å²) in [6.07, 6.45) is 88.6. The molecule has 0 aromatic carbocycles. The van der Waals surface area contributed by atoms with E-state index in [0.29, 0.717) is 17.4 Å². The summed E-state index contributed by atoms with van der Waals surface area (Å²) in [6, 6.07) is 0. The van der Waals surface area contributed by atoms with Crippen LogP contribution in [0, 0.1) is 0 Å². The first-order valence-electron chi connectivity index (χ1n) is 41.2. The number of unbranched alkanes of at least 4 members (excludes halogenated alkanes) is 64. The lowest BCUT2D eigenvalue weighted by molar-refractivity contribution is -0.870. The Hall–Kier alpha value is -1.71. The Bertz CT molecular complexity index is 1450. The van der Waals surface area contributed by atoms with Gasteiger partial charge in [-0.25, -0.2) is 4.79 Å². The number of hydrogen-bond donors (Lipinski definition) is 1. The highest BCUT2D eigenvalue weighted by Gasteiger charge is 2.25. The van der Waals surface area contributed by atoms with Crippen molar-refractivity contribution in [2.24, 2.45) is 0 Å². The van der Waals surface area contributed by atoms with Crippen molar-refractivity contribution in [1.29, 1.82) is 0 Å². The van der Waals surface area contributed by atoms with Gasteiger partial charge in [-0.05, 0) is 12.8 Å². The summed E-state index contributed by atoms with van der Waals surface area (Å²) < 4.78 is 23.1. The van der Waals surface area contributed by atoms with Gasteiger partial charge in [-0.1, -0.05) is 425 Å². The van der Waals surface area contributed by atoms with E-state index in [9.17, 15) is 19.5 Å². The van der Waals surface area contributed by atoms with Gasteiger partial charge in [-0.2, -0.15) is 0 Å². The maximum atomic E-state index is 13.0. The Kier molecular flexibility index (Phi) is 72.7. The molecule has 0 amide bonds. The molecule has 2 atom stereocenters. The fourth-order valence-electron chi connectivity index (χ4n) is 13.1. The molecule has 9 nitrogen and oxygen atoms in total. The third-order valence-corrected chi connectivity index (χ3v) is 19.4. The minimum atomic E-state index is -1.51. The predicted molar refractivity (Wildman–Crippen MR) is 392 cm³/mol. The molecule has 542 valence electrons. The summed E-state index contributed by atoms with van der Waals surface area (Å²) >= 11 is 0. The van der Waals surface area contributed by atoms with E-state index in [2.05, 4.69) is 13.8 Å². The van der Waals surface area contributed by atoms with Crippen LogP contribution in [0.2, 0.25) is 0 Å². The van der Waals surface area contributed by atoms with Crippen LogP contribution >= 0.6 is 0 Å². The van der Waals surface area contributed by atoms with E-state index in [1.807, 2.05) is 21.1 Å². The van der Waals surface area contributed by atoms with Gasteiger partial charge in [-0.15, -0.1) is 0 Å². The highest BCUT2D eigenvalue weighted by Crippen LogP contribution is 2.21. The molecule has 0 heterocycles. The van der Waals surface area contributed by atoms with E-state index in [0.717, 1.165) is 38.5 Å². The largest absolute Gasteiger partial charge is 0.477 e. The molecule has 0 rings (SSSR count). The zero-order valence-electron chi connectivity index (χ0n) is 62.3. The third kappa shape index (κ3) is 75.5. The van der Waals surface area contributed by atoms with E-state index in [1.165, 1.54) is 385 Å². The topological polar surface area (TPSA) is 108 Å². The lowest BCUT2D eigenvalue weighted by Gasteiger charge is -2.25. The van der Waals surface area contributed by atoms with Crippen molar-refractivity contribution in [3.8, 4) is 0 Å². The van der Waals surface area contributed by atoms with Gasteiger partial charge < -0.3 is 28.5 Å². The Labute approximate surface area is 568 Å². The minimum Gasteiger partial charge on any atom is -0.477 e. The molecule has 9 heteroatoms. The van der Waals surface area contributed by atoms with Gasteiger partial charge in [-0.3, -0.25) is 9.59 Å². The first-order valence-corrected chi connectivity index (χ1v) is 41.2. The van der Waals surface area contributed by atoms with Gasteiger partial charge in [0.1, 0.15) is 13.2 Å². The normalized spacial score (nSPS) is 12.5. The molecule has 0 spiro atoms. The molecule has 0 saturated heterocycles. The lowest BCUT2D eigenvalue weighted by atomic mass is 10.0. The number of nitrogens with zero attached hydrogens (tertiary/aromatic N) is 1. The molecule has 0 aliphatic heterocycles. The van der Waals surface area contributed by atoms with Crippen LogP contribution in [0.25, 0.3) is 0 Å². The number of ether oxygens (including phenoxy) is 4. The van der Waals surface area contributed by atoms with Crippen LogP contribution < -0.4 is 0 Å². The number of carboxylic acids is 1. The zero-order chi connectivity index (χ0) is 66.1. The summed E-state index contributed by atoms with van der Waals surface area (Å²) in [7, 11) is 6.00. The number of carboxylic acid groups (broad SMARTS) is 1. The Balaban J connectivity index is 3.90. The summed E-state index contributed by atoms with van der Waals surface area (Å²) in [4.78, 5) is 37.7. The smallest absolute Gasteiger partial charge is 0.361 e. The fourth-order valence-corrected chi connectivity index (χ4v) is 13.1. The van der Waals surface area contributed by atoms with Crippen molar-refractivity contribution < 1.29 is 42.9 Å². The molecule has 0 aromatic rings. The van der Waals surface area contributed by atoms with Gasteiger partial charge in [0.2, 0.25) is 0 Å². The molecule has 0 fully saturated rings. The van der Waals surface area contributed by atoms with Gasteiger partial charge in [0.05, 0.1) is 34.4 Å². The second-order valence-electron chi connectivity index (χ2n) is 29.8. The van der Waals surface area contributed by atoms with Crippen molar-refractivity contribution in [2.45, 2.75) is 463 Å². The van der Waals surface area contributed by atoms with Gasteiger partial charge in [0.25, 0.3) is 6.29 Å². The molecule has 0 bridgehead atoms. The first kappa shape index (κ1) is 89.3. The number of hydrogen-bond acceptors (Lipinski definition) is 7. The predicted octanol–water partition coefficient (Wildman–Crippen LogP) is 26.2. The number of carbonyl (C=O) groups excluding carboxylic acids is 2. The SMILES string of the molecule is CCCCCCCCCCCCCCCCCCCCCCCCCCCCCCCCCCCCCCCCCCC(=O)OC(COC(=O)CCCCCCCCCCCCCCCCCCCCCCCCCCCC)COC(OCC[N+](C)(C)C)C(=O)O. The van der Waals surface area contributed by atoms with E-state index in [4.69, 9.17) is 18.9 Å². The second kappa shape index (κ2) is 74.1. The number of rotatable bonds is 79. The van der Waals surface area contributed by atoms with Crippen molar-refractivity contribution in [2.75, 3.05) is 47.5 Å². The van der Waals surface area contributed by atoms with Crippen molar-refractivity contribution in [3.63, 3.8) is 0 Å². The lowest BCUT2D eigenvalue weighted by Crippen LogP contribution is -2.40. The van der Waals surface area contributed by atoms with E-state index in [1.54, 1.807) is 0 Å². The maximum absolute atomic E-state index is 13.0. The van der Waals surface area contributed by atoms with Crippen LogP contribution in [0.3, 0.4) is 0 Å². The van der Waals surface area contributed by atoms with Crippen LogP contribution in [0.1, 0.15) is 450 Å². The average molecular weight is 1290 g/mol. The Morgan fingerprint density at radius 3 is 0.703 bits per heavy atom. The van der Waals surface area contributed by atoms with Gasteiger partial charge >= 0.3 is 17.9 Å². The molecular formula is C82H162NO8+. The summed E-state index contributed by atoms with van der Waals surface area (Å²) in [6.45, 7) is 4.99. The third-order valence-electron chi connectivity index (χ3n) is 19.4. The quantitative estimate of drug-likeness (QED) is 0.0278. The zero-order valence-corrected chi connectivity index (χ0v) is 62.3. The highest BCUT2D eigenvalue weighted by molar-refractivity contribution is 5.71. The molecule has 0 aliphatic rings. The van der Waals surface area contributed by atoms with Crippen LogP contribution in [0.5, 0.6) is 0 Å². The maximum Gasteiger partial charge on any atom is 0.361 e. The monoisotopic (exact) mass is 1290 g/mol. The summed E-state index contributed by atoms with van der Waals surface area (Å²) in [5.74, 6) is -1.96. The minimum absolute atomic E-state index is 0.172. The number of quaternary nitrogens is 1. The Morgan fingerprint density at radius 1 is 0.286 bits per heavy atom. The Morgan fingerprint density at radius 2 is 0.495 bits per heavy atom. The summed E-state index contributed by atoms with van der Waals surface area (Å²) in [5.41, 5.74) is 0. The fraction of sp³-hybridized carbons (Fsp3) is 0.963. The standard InChI is InChI=1S/C82H161NO8/c1-6-8-10-12-14-16-18-20-22-24-26-28-30-32-34-35-36-37-38-39-40-41-42-43-44-45-46-47-49-51-53-55-57-59-61-63-65-67-69-71-73-80(85)91-78(77-90-82(81(86)87)88-75-74-83(3,4)5)76-89-79(84)72-70-68-66-64-62-60-58-56-54-52-50-48-33-31-29-27-25-23-21-19-17-15-13-11-9-7-2/h78,82H,6-77H2,1-5H3/p+1. The number of aliphatic carboxylic acids is 1. The molecule has 0 aromatic heterocycles. The highest BCUT2D eigenvalue weighted by atomic mass is 16.7. The van der Waals surface area contributed by atoms with Crippen LogP contribution in [0.4, 0.5) is 0 Å². The van der Waals surface area contributed by atoms with Crippen LogP contribution in [-0.4, -0.2) is 87.4 Å². The molecule has 0 aliphatic carbocycles. The molecule has 1 N–H and O–H groups in total. The van der Waals surface area contributed by atoms with Gasteiger partial charge in [0.15, 0.2) is 6.10 Å². The first-order chi connectivity index (χ1) is 44.6. The molecule has 2 unspecified atom stereocenters. The van der Waals surface area contributed by atoms with E-state index < -0.39 is 18.4 Å². The number of likely N-dealkylation sites (N-methyl/N-ethyl adjacent to an activating group) is 1. The van der Waals surface area contributed by atoms with Crippen molar-refractivity contribution in [3.05, 3.63) is 0 Å². The van der Waals surface area contributed by atoms with Crippen molar-refractivity contribution in [1.82, 2.24) is 0 Å². The van der Waals surface area contributed by atoms with E-state index in [-0.39, 0.29) is 38.2 Å². The molecule has 91 heavy (non-hydrogen) atoms. The van der Waals surface area contributed by atoms with Gasteiger partial charge in [0, 0.05) is 12.8 Å². The second-order valence-corrected chi connectivity index (χ2v) is 29.8. The number of esters is 2. The average Bonchev–Trinajstić information content (AvgIpc) is 3.74. The number of carbonyl (C=O) groups is 3. The molecule has 0 saturated carbocycles. The van der Waals surface area contributed by atoms with Crippen LogP contribution in [0.15, 0.2) is 0 Å². The summed E-state index contributed by atoms with van der Waals surface area (Å²) in [5, 5.41) is 9.77. The van der Waals surface area contributed by atoms with Crippen LogP contribution in [-0.2, 0) is 33.3 Å².